The molecule has 1 saturated carbocycles. The Balaban J connectivity index is 2.46. The van der Waals surface area contributed by atoms with Crippen molar-refractivity contribution in [3.8, 4) is 0 Å². The maximum absolute atomic E-state index is 13.0. The predicted octanol–water partition coefficient (Wildman–Crippen LogP) is 2.96. The number of allylic oxidation sites excluding steroid dienone is 1. The summed E-state index contributed by atoms with van der Waals surface area (Å²) in [5.41, 5.74) is 0. The van der Waals surface area contributed by atoms with E-state index in [1.165, 1.54) is 0 Å². The minimum Gasteiger partial charge on any atom is -0.393 e. The molecule has 1 aliphatic carbocycles. The van der Waals surface area contributed by atoms with E-state index in [-0.39, 0.29) is 5.92 Å². The van der Waals surface area contributed by atoms with Crippen molar-refractivity contribution >= 4 is 9.84 Å². The van der Waals surface area contributed by atoms with E-state index in [4.69, 9.17) is 0 Å². The maximum Gasteiger partial charge on any atom is 0.184 e. The van der Waals surface area contributed by atoms with Gasteiger partial charge < -0.3 is 5.11 Å². The van der Waals surface area contributed by atoms with Crippen molar-refractivity contribution in [1.82, 2.24) is 0 Å². The summed E-state index contributed by atoms with van der Waals surface area (Å²) in [6, 6.07) is 8.54. The predicted molar refractivity (Wildman–Crippen MR) is 80.2 cm³/mol. The van der Waals surface area contributed by atoms with Gasteiger partial charge in [0.1, 0.15) is 0 Å². The molecule has 0 spiro atoms. The van der Waals surface area contributed by atoms with Gasteiger partial charge >= 0.3 is 0 Å². The highest BCUT2D eigenvalue weighted by atomic mass is 32.2. The molecule has 1 fully saturated rings. The number of rotatable bonds is 6. The number of hydrogen-bond donors (Lipinski definition) is 1. The Morgan fingerprint density at radius 2 is 2.10 bits per heavy atom. The van der Waals surface area contributed by atoms with Gasteiger partial charge in [-0.2, -0.15) is 0 Å². The molecular weight excluding hydrogens is 272 g/mol. The molecule has 0 amide bonds. The lowest BCUT2D eigenvalue weighted by molar-refractivity contribution is 0.0256. The molecule has 1 aromatic rings. The third-order valence-electron chi connectivity index (χ3n) is 4.52. The van der Waals surface area contributed by atoms with Crippen molar-refractivity contribution < 1.29 is 13.5 Å². The van der Waals surface area contributed by atoms with Crippen molar-refractivity contribution in [2.24, 2.45) is 5.92 Å². The van der Waals surface area contributed by atoms with Gasteiger partial charge in [0, 0.05) is 5.92 Å². The van der Waals surface area contributed by atoms with Crippen LogP contribution in [0.1, 0.15) is 32.6 Å². The number of sulfone groups is 1. The Bertz CT molecular complexity index is 565. The van der Waals surface area contributed by atoms with Gasteiger partial charge in [0.2, 0.25) is 0 Å². The summed E-state index contributed by atoms with van der Waals surface area (Å²) >= 11 is 0. The summed E-state index contributed by atoms with van der Waals surface area (Å²) < 4.78 is 25.1. The summed E-state index contributed by atoms with van der Waals surface area (Å²) in [4.78, 5) is 0.342. The van der Waals surface area contributed by atoms with Crippen LogP contribution in [0.2, 0.25) is 0 Å². The van der Waals surface area contributed by atoms with Crippen molar-refractivity contribution in [3.05, 3.63) is 43.0 Å². The average Bonchev–Trinajstić information content (AvgIpc) is 2.43. The van der Waals surface area contributed by atoms with Crippen LogP contribution in [0.25, 0.3) is 0 Å². The molecule has 4 heteroatoms. The van der Waals surface area contributed by atoms with E-state index < -0.39 is 20.7 Å². The van der Waals surface area contributed by atoms with Crippen molar-refractivity contribution in [1.29, 1.82) is 0 Å². The summed E-state index contributed by atoms with van der Waals surface area (Å²) in [5.74, 6) is -0.198. The second-order valence-electron chi connectivity index (χ2n) is 5.49. The number of hydrogen-bond acceptors (Lipinski definition) is 3. The Kier molecular flexibility index (Phi) is 4.35. The van der Waals surface area contributed by atoms with Crippen molar-refractivity contribution in [3.63, 3.8) is 0 Å². The summed E-state index contributed by atoms with van der Waals surface area (Å²) in [5, 5.41) is 10.2. The first kappa shape index (κ1) is 15.3. The van der Waals surface area contributed by atoms with E-state index in [9.17, 15) is 13.5 Å². The monoisotopic (exact) mass is 294 g/mol. The standard InChI is InChI=1S/C16H22O3S/c1-3-11-16(12-10-14(16)15(17)4-2)20(18,19)13-8-6-5-7-9-13/h3,5-9,14-15,17H,1,4,10-12H2,2H3/t14-,15-,16+/m0/s1. The topological polar surface area (TPSA) is 54.4 Å². The van der Waals surface area contributed by atoms with Gasteiger partial charge in [0.25, 0.3) is 0 Å². The second kappa shape index (κ2) is 5.70. The molecule has 0 saturated heterocycles. The molecule has 1 aliphatic rings. The molecule has 3 nitrogen and oxygen atoms in total. The largest absolute Gasteiger partial charge is 0.393 e. The Morgan fingerprint density at radius 1 is 1.45 bits per heavy atom. The fraction of sp³-hybridized carbons (Fsp3) is 0.500. The van der Waals surface area contributed by atoms with Gasteiger partial charge in [-0.3, -0.25) is 0 Å². The Hall–Kier alpha value is -1.13. The quantitative estimate of drug-likeness (QED) is 0.821. The zero-order valence-corrected chi connectivity index (χ0v) is 12.6. The highest BCUT2D eigenvalue weighted by molar-refractivity contribution is 7.93. The summed E-state index contributed by atoms with van der Waals surface area (Å²) in [6.45, 7) is 5.59. The van der Waals surface area contributed by atoms with E-state index in [2.05, 4.69) is 6.58 Å². The molecule has 1 aromatic carbocycles. The zero-order chi connectivity index (χ0) is 14.8. The van der Waals surface area contributed by atoms with Crippen LogP contribution >= 0.6 is 0 Å². The third kappa shape index (κ3) is 2.21. The van der Waals surface area contributed by atoms with Crippen LogP contribution in [0, 0.1) is 5.92 Å². The van der Waals surface area contributed by atoms with E-state index in [1.54, 1.807) is 36.4 Å². The number of aliphatic hydroxyl groups is 1. The van der Waals surface area contributed by atoms with Crippen LogP contribution in [0.5, 0.6) is 0 Å². The van der Waals surface area contributed by atoms with Crippen LogP contribution in [0.4, 0.5) is 0 Å². The molecule has 0 unspecified atom stereocenters. The first-order chi connectivity index (χ1) is 9.49. The van der Waals surface area contributed by atoms with Crippen molar-refractivity contribution in [2.45, 2.75) is 48.4 Å². The molecule has 3 atom stereocenters. The molecule has 110 valence electrons. The molecule has 0 bridgehead atoms. The zero-order valence-electron chi connectivity index (χ0n) is 11.8. The van der Waals surface area contributed by atoms with Gasteiger partial charge in [0.05, 0.1) is 15.7 Å². The normalized spacial score (nSPS) is 27.6. The van der Waals surface area contributed by atoms with Crippen LogP contribution in [-0.2, 0) is 9.84 Å². The number of aliphatic hydroxyl groups excluding tert-OH is 1. The Morgan fingerprint density at radius 3 is 2.55 bits per heavy atom. The lowest BCUT2D eigenvalue weighted by Crippen LogP contribution is -2.57. The minimum absolute atomic E-state index is 0.198. The van der Waals surface area contributed by atoms with Crippen LogP contribution in [0.15, 0.2) is 47.9 Å². The average molecular weight is 294 g/mol. The molecule has 0 radical (unpaired) electrons. The second-order valence-corrected chi connectivity index (χ2v) is 7.79. The molecule has 20 heavy (non-hydrogen) atoms. The lowest BCUT2D eigenvalue weighted by Gasteiger charge is -2.50. The highest BCUT2D eigenvalue weighted by Crippen LogP contribution is 2.52. The van der Waals surface area contributed by atoms with Crippen LogP contribution in [0.3, 0.4) is 0 Å². The lowest BCUT2D eigenvalue weighted by atomic mass is 9.67. The highest BCUT2D eigenvalue weighted by Gasteiger charge is 2.57. The minimum atomic E-state index is -3.46. The molecular formula is C16H22O3S. The van der Waals surface area contributed by atoms with E-state index in [0.29, 0.717) is 24.2 Å². The SMILES string of the molecule is C=CC[C@@]1(S(=O)(=O)c2ccccc2)CC[C@H]1[C@@H](O)CC. The van der Waals surface area contributed by atoms with Crippen LogP contribution in [-0.4, -0.2) is 24.4 Å². The maximum atomic E-state index is 13.0. The smallest absolute Gasteiger partial charge is 0.184 e. The molecule has 1 N–H and O–H groups in total. The Labute approximate surface area is 121 Å². The van der Waals surface area contributed by atoms with E-state index in [1.807, 2.05) is 6.92 Å². The number of benzene rings is 1. The van der Waals surface area contributed by atoms with E-state index in [0.717, 1.165) is 6.42 Å². The molecule has 2 rings (SSSR count). The van der Waals surface area contributed by atoms with Crippen LogP contribution < -0.4 is 0 Å². The summed E-state index contributed by atoms with van der Waals surface area (Å²) in [7, 11) is -3.46. The van der Waals surface area contributed by atoms with Gasteiger partial charge in [-0.15, -0.1) is 6.58 Å². The molecule has 0 aliphatic heterocycles. The third-order valence-corrected chi connectivity index (χ3v) is 7.15. The molecule has 0 heterocycles. The van der Waals surface area contributed by atoms with E-state index >= 15 is 0 Å². The fourth-order valence-electron chi connectivity index (χ4n) is 3.24. The summed E-state index contributed by atoms with van der Waals surface area (Å²) in [6.07, 6.45) is 3.42. The first-order valence-corrected chi connectivity index (χ1v) is 8.56. The molecule has 0 aromatic heterocycles. The van der Waals surface area contributed by atoms with Crippen molar-refractivity contribution in [2.75, 3.05) is 0 Å². The van der Waals surface area contributed by atoms with Gasteiger partial charge in [0.15, 0.2) is 9.84 Å². The van der Waals surface area contributed by atoms with Gasteiger partial charge in [-0.1, -0.05) is 31.2 Å². The fourth-order valence-corrected chi connectivity index (χ4v) is 5.62. The first-order valence-electron chi connectivity index (χ1n) is 7.08. The van der Waals surface area contributed by atoms with Gasteiger partial charge in [-0.25, -0.2) is 8.42 Å². The van der Waals surface area contributed by atoms with Gasteiger partial charge in [-0.05, 0) is 37.8 Å².